The number of ether oxygens (including phenoxy) is 2. The number of anilines is 2. The molecule has 16 nitrogen and oxygen atoms in total. The Hall–Kier alpha value is -7.30. The number of amides is 4. The largest absolute Gasteiger partial charge is 0.441 e. The molecule has 2 aromatic heterocycles. The standard InChI is InChI=1S/C56H70N8O8/c1-9-11-24-42(47(65)51(67)60-45-30-31-57-63-45)58-53(69)72-50(56(6,7)8)41-23-17-21-39(33-41)36-26-28-37(29-27-36)44-34-46(64-62-44)61-52(68)48(66)43(25-12-10-2)59-54(70)71-49(55(3,4)5)40-22-16-20-38(32-40)35-18-14-13-15-19-35/h13-23,26-34,42-43,47-50,65-66H,9-12,24-25H2,1-8H3,(H,58,69)(H,59,70)(H2,57,60,63,67)(H2,61,62,64,68)/t42-,43-,47-,48+,49+,50+/m0/s1. The van der Waals surface area contributed by atoms with Gasteiger partial charge in [0.1, 0.15) is 18.0 Å². The van der Waals surface area contributed by atoms with Crippen LogP contribution in [0, 0.1) is 10.8 Å². The number of nitrogens with zero attached hydrogens (tertiary/aromatic N) is 2. The number of aromatic nitrogens is 4. The summed E-state index contributed by atoms with van der Waals surface area (Å²) in [6.45, 7) is 15.8. The molecule has 382 valence electrons. The van der Waals surface area contributed by atoms with Crippen LogP contribution in [0.2, 0.25) is 0 Å². The summed E-state index contributed by atoms with van der Waals surface area (Å²) in [7, 11) is 0. The van der Waals surface area contributed by atoms with Crippen LogP contribution in [0.15, 0.2) is 121 Å². The second-order valence-corrected chi connectivity index (χ2v) is 20.3. The number of hydrogen-bond acceptors (Lipinski definition) is 10. The molecule has 0 saturated heterocycles. The Labute approximate surface area is 422 Å². The molecular weight excluding hydrogens is 913 g/mol. The summed E-state index contributed by atoms with van der Waals surface area (Å²) in [5, 5.41) is 46.8. The van der Waals surface area contributed by atoms with Gasteiger partial charge in [0.2, 0.25) is 0 Å². The SMILES string of the molecule is CCCC[C@H](NC(=O)O[C@H](c1cccc(-c2ccc(-c3cc(NC(=O)[C@H](O)[C@H](CCCC)NC(=O)O[C@H](c4cccc(-c5ccccc5)c4)C(C)(C)C)n[nH]3)cc2)c1)C(C)(C)C)[C@H](O)C(=O)Nc1ccn[nH]1. The lowest BCUT2D eigenvalue weighted by molar-refractivity contribution is -0.126. The molecule has 16 heteroatoms. The smallest absolute Gasteiger partial charge is 0.408 e. The Kier molecular flexibility index (Phi) is 18.5. The molecule has 0 saturated carbocycles. The number of benzene rings is 4. The summed E-state index contributed by atoms with van der Waals surface area (Å²) in [5.41, 5.74) is 5.74. The van der Waals surface area contributed by atoms with Crippen molar-refractivity contribution in [3.05, 3.63) is 133 Å². The number of aromatic amines is 2. The molecular formula is C56H70N8O8. The lowest BCUT2D eigenvalue weighted by Gasteiger charge is -2.32. The maximum Gasteiger partial charge on any atom is 0.408 e. The first-order valence-electron chi connectivity index (χ1n) is 24.7. The third-order valence-electron chi connectivity index (χ3n) is 12.3. The number of alkyl carbamates (subject to hydrolysis) is 2. The molecule has 6 aromatic rings. The van der Waals surface area contributed by atoms with Crippen molar-refractivity contribution in [2.75, 3.05) is 10.6 Å². The molecule has 6 rings (SSSR count). The summed E-state index contributed by atoms with van der Waals surface area (Å²) in [6.07, 6.45) is -0.921. The Morgan fingerprint density at radius 3 is 1.51 bits per heavy atom. The number of hydrogen-bond donors (Lipinski definition) is 8. The molecule has 4 amide bonds. The molecule has 0 aliphatic rings. The van der Waals surface area contributed by atoms with Crippen molar-refractivity contribution in [2.45, 2.75) is 130 Å². The number of aliphatic hydroxyl groups is 2. The Morgan fingerprint density at radius 1 is 0.569 bits per heavy atom. The predicted octanol–water partition coefficient (Wildman–Crippen LogP) is 10.9. The van der Waals surface area contributed by atoms with E-state index in [9.17, 15) is 29.4 Å². The molecule has 0 spiro atoms. The zero-order valence-corrected chi connectivity index (χ0v) is 42.5. The average Bonchev–Trinajstić information content (AvgIpc) is 4.07. The van der Waals surface area contributed by atoms with Crippen molar-refractivity contribution in [2.24, 2.45) is 10.8 Å². The van der Waals surface area contributed by atoms with E-state index in [0.29, 0.717) is 37.2 Å². The van der Waals surface area contributed by atoms with Gasteiger partial charge in [0.05, 0.1) is 24.0 Å². The van der Waals surface area contributed by atoms with Crippen molar-refractivity contribution in [3.63, 3.8) is 0 Å². The number of nitrogens with one attached hydrogen (secondary N) is 6. The number of unbranched alkanes of at least 4 members (excludes halogenated alkanes) is 2. The maximum atomic E-state index is 13.6. The van der Waals surface area contributed by atoms with Crippen molar-refractivity contribution in [1.29, 1.82) is 0 Å². The monoisotopic (exact) mass is 983 g/mol. The summed E-state index contributed by atoms with van der Waals surface area (Å²) < 4.78 is 12.2. The topological polar surface area (TPSA) is 233 Å². The van der Waals surface area contributed by atoms with E-state index in [0.717, 1.165) is 51.8 Å². The summed E-state index contributed by atoms with van der Waals surface area (Å²) in [6, 6.07) is 34.6. The molecule has 0 bridgehead atoms. The predicted molar refractivity (Wildman–Crippen MR) is 279 cm³/mol. The van der Waals surface area contributed by atoms with Crippen LogP contribution in [-0.4, -0.2) is 78.9 Å². The highest BCUT2D eigenvalue weighted by Crippen LogP contribution is 2.39. The van der Waals surface area contributed by atoms with E-state index in [-0.39, 0.29) is 5.82 Å². The summed E-state index contributed by atoms with van der Waals surface area (Å²) >= 11 is 0. The van der Waals surface area contributed by atoms with E-state index in [1.807, 2.05) is 159 Å². The Balaban J connectivity index is 1.09. The van der Waals surface area contributed by atoms with Gasteiger partial charge in [-0.05, 0) is 63.9 Å². The number of aliphatic hydroxyl groups excluding tert-OH is 2. The molecule has 0 unspecified atom stereocenters. The van der Waals surface area contributed by atoms with E-state index < -0.39 is 71.3 Å². The van der Waals surface area contributed by atoms with Crippen LogP contribution in [0.1, 0.15) is 117 Å². The minimum atomic E-state index is -1.60. The zero-order valence-electron chi connectivity index (χ0n) is 42.5. The van der Waals surface area contributed by atoms with Gasteiger partial charge in [-0.15, -0.1) is 0 Å². The van der Waals surface area contributed by atoms with Gasteiger partial charge in [-0.2, -0.15) is 10.2 Å². The molecule has 0 aliphatic heterocycles. The van der Waals surface area contributed by atoms with Gasteiger partial charge in [0, 0.05) is 23.0 Å². The quantitative estimate of drug-likeness (QED) is 0.0340. The minimum Gasteiger partial charge on any atom is -0.441 e. The highest BCUT2D eigenvalue weighted by atomic mass is 16.6. The first-order chi connectivity index (χ1) is 34.3. The van der Waals surface area contributed by atoms with Crippen molar-refractivity contribution >= 4 is 35.6 Å². The number of carbonyl (C=O) groups excluding carboxylic acids is 4. The fraction of sp³-hybridized carbons (Fsp3) is 0.393. The minimum absolute atomic E-state index is 0.189. The molecule has 4 aromatic carbocycles. The summed E-state index contributed by atoms with van der Waals surface area (Å²) in [5.74, 6) is -0.904. The second kappa shape index (κ2) is 24.7. The second-order valence-electron chi connectivity index (χ2n) is 20.3. The van der Waals surface area contributed by atoms with Crippen LogP contribution in [0.3, 0.4) is 0 Å². The molecule has 0 aliphatic carbocycles. The van der Waals surface area contributed by atoms with Crippen molar-refractivity contribution in [1.82, 2.24) is 31.0 Å². The summed E-state index contributed by atoms with van der Waals surface area (Å²) in [4.78, 5) is 53.5. The fourth-order valence-corrected chi connectivity index (χ4v) is 8.41. The first-order valence-corrected chi connectivity index (χ1v) is 24.7. The lowest BCUT2D eigenvalue weighted by Crippen LogP contribution is -2.49. The third kappa shape index (κ3) is 14.9. The zero-order chi connectivity index (χ0) is 52.0. The average molecular weight is 983 g/mol. The van der Waals surface area contributed by atoms with Gasteiger partial charge >= 0.3 is 12.2 Å². The van der Waals surface area contributed by atoms with Gasteiger partial charge in [0.15, 0.2) is 18.0 Å². The van der Waals surface area contributed by atoms with Crippen LogP contribution < -0.4 is 21.3 Å². The van der Waals surface area contributed by atoms with Crippen molar-refractivity contribution < 1.29 is 38.9 Å². The van der Waals surface area contributed by atoms with Crippen LogP contribution >= 0.6 is 0 Å². The number of carbonyl (C=O) groups is 4. The van der Waals surface area contributed by atoms with Crippen LogP contribution in [0.25, 0.3) is 33.5 Å². The molecule has 72 heavy (non-hydrogen) atoms. The van der Waals surface area contributed by atoms with Gasteiger partial charge in [0.25, 0.3) is 11.8 Å². The molecule has 0 radical (unpaired) electrons. The van der Waals surface area contributed by atoms with E-state index in [2.05, 4.69) is 41.7 Å². The molecule has 0 fully saturated rings. The normalized spacial score (nSPS) is 14.2. The van der Waals surface area contributed by atoms with Gasteiger partial charge in [-0.25, -0.2) is 9.59 Å². The highest BCUT2D eigenvalue weighted by molar-refractivity contribution is 5.95. The highest BCUT2D eigenvalue weighted by Gasteiger charge is 2.35. The fourth-order valence-electron chi connectivity index (χ4n) is 8.41. The van der Waals surface area contributed by atoms with E-state index in [4.69, 9.17) is 9.47 Å². The number of rotatable bonds is 21. The van der Waals surface area contributed by atoms with Gasteiger partial charge in [-0.3, -0.25) is 19.8 Å². The molecule has 2 heterocycles. The Bertz CT molecular complexity index is 2690. The molecule has 8 N–H and O–H groups in total. The maximum absolute atomic E-state index is 13.6. The van der Waals surface area contributed by atoms with Gasteiger partial charge in [-0.1, -0.05) is 172 Å². The first kappa shape index (κ1) is 54.0. The van der Waals surface area contributed by atoms with E-state index in [1.165, 1.54) is 6.20 Å². The van der Waals surface area contributed by atoms with Gasteiger partial charge < -0.3 is 41.0 Å². The van der Waals surface area contributed by atoms with Crippen LogP contribution in [0.5, 0.6) is 0 Å². The van der Waals surface area contributed by atoms with Crippen LogP contribution in [0.4, 0.5) is 21.2 Å². The van der Waals surface area contributed by atoms with E-state index in [1.54, 1.807) is 12.1 Å². The van der Waals surface area contributed by atoms with Crippen LogP contribution in [-0.2, 0) is 19.1 Å². The Morgan fingerprint density at radius 2 is 1.04 bits per heavy atom. The third-order valence-corrected chi connectivity index (χ3v) is 12.3. The van der Waals surface area contributed by atoms with Crippen molar-refractivity contribution in [3.8, 4) is 33.5 Å². The van der Waals surface area contributed by atoms with E-state index >= 15 is 0 Å². The number of H-pyrrole nitrogens is 2. The molecule has 6 atom stereocenters. The lowest BCUT2D eigenvalue weighted by atomic mass is 9.83.